The van der Waals surface area contributed by atoms with Gasteiger partial charge in [-0.15, -0.1) is 0 Å². The molecule has 21 heavy (non-hydrogen) atoms. The molecule has 120 valence electrons. The summed E-state index contributed by atoms with van der Waals surface area (Å²) in [5.41, 5.74) is 0. The van der Waals surface area contributed by atoms with Gasteiger partial charge in [0.25, 0.3) is 0 Å². The van der Waals surface area contributed by atoms with Crippen LogP contribution in [0.4, 0.5) is 0 Å². The molecule has 0 bridgehead atoms. The molecule has 0 radical (unpaired) electrons. The smallest absolute Gasteiger partial charge is 0.307 e. The number of carbonyl (C=O) groups excluding carboxylic acids is 1. The number of aliphatic carboxylic acids is 1. The van der Waals surface area contributed by atoms with Crippen LogP contribution < -0.4 is 5.32 Å². The molecule has 6 nitrogen and oxygen atoms in total. The fourth-order valence-electron chi connectivity index (χ4n) is 3.28. The number of ether oxygens (including phenoxy) is 1. The van der Waals surface area contributed by atoms with Crippen molar-refractivity contribution in [1.29, 1.82) is 0 Å². The van der Waals surface area contributed by atoms with Gasteiger partial charge in [-0.2, -0.15) is 0 Å². The molecule has 2 fully saturated rings. The predicted molar refractivity (Wildman–Crippen MR) is 77.9 cm³/mol. The lowest BCUT2D eigenvalue weighted by Crippen LogP contribution is -2.49. The largest absolute Gasteiger partial charge is 0.481 e. The summed E-state index contributed by atoms with van der Waals surface area (Å²) in [6.07, 6.45) is 3.13. The first-order valence-electron chi connectivity index (χ1n) is 7.96. The van der Waals surface area contributed by atoms with Gasteiger partial charge >= 0.3 is 5.97 Å². The summed E-state index contributed by atoms with van der Waals surface area (Å²) in [5.74, 6) is -1.89. The fourth-order valence-corrected chi connectivity index (χ4v) is 3.28. The van der Waals surface area contributed by atoms with Crippen molar-refractivity contribution in [3.05, 3.63) is 0 Å². The van der Waals surface area contributed by atoms with Crippen LogP contribution >= 0.6 is 0 Å². The van der Waals surface area contributed by atoms with Crippen LogP contribution in [0, 0.1) is 11.8 Å². The van der Waals surface area contributed by atoms with E-state index in [9.17, 15) is 14.7 Å². The van der Waals surface area contributed by atoms with Crippen molar-refractivity contribution in [2.45, 2.75) is 38.7 Å². The van der Waals surface area contributed by atoms with E-state index in [1.807, 2.05) is 0 Å². The van der Waals surface area contributed by atoms with Gasteiger partial charge in [-0.05, 0) is 19.4 Å². The Hall–Kier alpha value is -1.14. The number of hydrogen-bond donors (Lipinski definition) is 2. The Bertz CT molecular complexity index is 375. The zero-order valence-corrected chi connectivity index (χ0v) is 12.7. The van der Waals surface area contributed by atoms with Gasteiger partial charge in [0.2, 0.25) is 5.91 Å². The molecule has 1 amide bonds. The molecule has 1 aliphatic heterocycles. The van der Waals surface area contributed by atoms with Crippen LogP contribution in [-0.4, -0.2) is 60.8 Å². The standard InChI is InChI=1S/C15H26N2O4/c1-2-17-7-8-21-11(10-17)9-16-14(18)12-5-3-4-6-13(12)15(19)20/h11-13H,2-10H2,1H3,(H,16,18)(H,19,20)/t11?,12-,13+/m1/s1. The summed E-state index contributed by atoms with van der Waals surface area (Å²) in [5, 5.41) is 12.1. The number of morpholine rings is 1. The molecule has 1 saturated heterocycles. The van der Waals surface area contributed by atoms with E-state index in [0.29, 0.717) is 26.0 Å². The highest BCUT2D eigenvalue weighted by Gasteiger charge is 2.35. The zero-order chi connectivity index (χ0) is 15.2. The lowest BCUT2D eigenvalue weighted by Gasteiger charge is -2.33. The quantitative estimate of drug-likeness (QED) is 0.781. The van der Waals surface area contributed by atoms with E-state index in [1.165, 1.54) is 0 Å². The monoisotopic (exact) mass is 298 g/mol. The Balaban J connectivity index is 1.81. The SMILES string of the molecule is CCN1CCOC(CNC(=O)[C@@H]2CCCC[C@@H]2C(=O)O)C1. The molecule has 0 aromatic rings. The number of carboxylic acids is 1. The molecule has 3 atom stereocenters. The number of nitrogens with one attached hydrogen (secondary N) is 1. The maximum atomic E-state index is 12.3. The van der Waals surface area contributed by atoms with Crippen molar-refractivity contribution in [3.63, 3.8) is 0 Å². The number of nitrogens with zero attached hydrogens (tertiary/aromatic N) is 1. The van der Waals surface area contributed by atoms with Crippen LogP contribution in [0.2, 0.25) is 0 Å². The van der Waals surface area contributed by atoms with Crippen molar-refractivity contribution in [2.24, 2.45) is 11.8 Å². The van der Waals surface area contributed by atoms with Crippen LogP contribution in [0.1, 0.15) is 32.6 Å². The molecule has 2 rings (SSSR count). The highest BCUT2D eigenvalue weighted by Crippen LogP contribution is 2.30. The fraction of sp³-hybridized carbons (Fsp3) is 0.867. The second kappa shape index (κ2) is 7.75. The molecule has 2 N–H and O–H groups in total. The van der Waals surface area contributed by atoms with Crippen molar-refractivity contribution in [2.75, 3.05) is 32.8 Å². The van der Waals surface area contributed by atoms with E-state index in [-0.39, 0.29) is 17.9 Å². The van der Waals surface area contributed by atoms with E-state index >= 15 is 0 Å². The molecule has 1 saturated carbocycles. The molecule has 0 spiro atoms. The number of rotatable bonds is 5. The van der Waals surface area contributed by atoms with Crippen LogP contribution in [0.25, 0.3) is 0 Å². The van der Waals surface area contributed by atoms with E-state index in [4.69, 9.17) is 4.74 Å². The topological polar surface area (TPSA) is 78.9 Å². The third-order valence-electron chi connectivity index (χ3n) is 4.59. The first-order chi connectivity index (χ1) is 10.1. The first kappa shape index (κ1) is 16.2. The Labute approximate surface area is 125 Å². The lowest BCUT2D eigenvalue weighted by atomic mass is 9.78. The molecule has 6 heteroatoms. The van der Waals surface area contributed by atoms with Gasteiger partial charge in [-0.3, -0.25) is 14.5 Å². The molecule has 1 unspecified atom stereocenters. The number of likely N-dealkylation sites (N-methyl/N-ethyl adjacent to an activating group) is 1. The minimum Gasteiger partial charge on any atom is -0.481 e. The third-order valence-corrected chi connectivity index (χ3v) is 4.59. The van der Waals surface area contributed by atoms with Crippen molar-refractivity contribution in [1.82, 2.24) is 10.2 Å². The molecule has 1 heterocycles. The summed E-state index contributed by atoms with van der Waals surface area (Å²) in [7, 11) is 0. The Morgan fingerprint density at radius 3 is 2.67 bits per heavy atom. The Morgan fingerprint density at radius 2 is 2.00 bits per heavy atom. The molecule has 0 aromatic carbocycles. The summed E-state index contributed by atoms with van der Waals surface area (Å²) in [6, 6.07) is 0. The lowest BCUT2D eigenvalue weighted by molar-refractivity contribution is -0.149. The normalized spacial score (nSPS) is 30.8. The maximum Gasteiger partial charge on any atom is 0.307 e. The van der Waals surface area contributed by atoms with Gasteiger partial charge in [0.05, 0.1) is 24.5 Å². The number of hydrogen-bond acceptors (Lipinski definition) is 4. The third kappa shape index (κ3) is 4.41. The first-order valence-corrected chi connectivity index (χ1v) is 7.96. The van der Waals surface area contributed by atoms with Crippen LogP contribution in [-0.2, 0) is 14.3 Å². The average molecular weight is 298 g/mol. The van der Waals surface area contributed by atoms with Crippen molar-refractivity contribution < 1.29 is 19.4 Å². The average Bonchev–Trinajstić information content (AvgIpc) is 2.52. The highest BCUT2D eigenvalue weighted by atomic mass is 16.5. The van der Waals surface area contributed by atoms with E-state index in [1.54, 1.807) is 0 Å². The van der Waals surface area contributed by atoms with Gasteiger partial charge in [0.1, 0.15) is 0 Å². The maximum absolute atomic E-state index is 12.3. The highest BCUT2D eigenvalue weighted by molar-refractivity contribution is 5.84. The summed E-state index contributed by atoms with van der Waals surface area (Å²) in [4.78, 5) is 25.8. The van der Waals surface area contributed by atoms with Gasteiger partial charge in [-0.25, -0.2) is 0 Å². The molecular formula is C15H26N2O4. The van der Waals surface area contributed by atoms with Gasteiger partial charge in [-0.1, -0.05) is 19.8 Å². The minimum atomic E-state index is -0.846. The number of amides is 1. The van der Waals surface area contributed by atoms with Crippen LogP contribution in [0.5, 0.6) is 0 Å². The number of carbonyl (C=O) groups is 2. The molecule has 0 aromatic heterocycles. The van der Waals surface area contributed by atoms with Crippen LogP contribution in [0.3, 0.4) is 0 Å². The summed E-state index contributed by atoms with van der Waals surface area (Å²) in [6.45, 7) is 6.01. The Kier molecular flexibility index (Phi) is 5.99. The van der Waals surface area contributed by atoms with E-state index < -0.39 is 11.9 Å². The van der Waals surface area contributed by atoms with Gasteiger partial charge in [0.15, 0.2) is 0 Å². The van der Waals surface area contributed by atoms with E-state index in [2.05, 4.69) is 17.1 Å². The molecular weight excluding hydrogens is 272 g/mol. The molecule has 1 aliphatic carbocycles. The summed E-state index contributed by atoms with van der Waals surface area (Å²) < 4.78 is 5.65. The van der Waals surface area contributed by atoms with Gasteiger partial charge < -0.3 is 15.2 Å². The van der Waals surface area contributed by atoms with Crippen LogP contribution in [0.15, 0.2) is 0 Å². The summed E-state index contributed by atoms with van der Waals surface area (Å²) >= 11 is 0. The molecule has 2 aliphatic rings. The number of carboxylic acid groups (broad SMARTS) is 1. The zero-order valence-electron chi connectivity index (χ0n) is 12.7. The predicted octanol–water partition coefficient (Wildman–Crippen LogP) is 0.714. The minimum absolute atomic E-state index is 0.00881. The van der Waals surface area contributed by atoms with E-state index in [0.717, 1.165) is 32.5 Å². The van der Waals surface area contributed by atoms with Crippen molar-refractivity contribution in [3.8, 4) is 0 Å². The second-order valence-corrected chi connectivity index (χ2v) is 5.97. The van der Waals surface area contributed by atoms with Gasteiger partial charge in [0, 0.05) is 19.6 Å². The Morgan fingerprint density at radius 1 is 1.29 bits per heavy atom. The second-order valence-electron chi connectivity index (χ2n) is 5.97. The van der Waals surface area contributed by atoms with Crippen molar-refractivity contribution >= 4 is 11.9 Å².